The van der Waals surface area contributed by atoms with Crippen LogP contribution in [0.4, 0.5) is 0 Å². The fraction of sp³-hybridized carbons (Fsp3) is 0.333. The number of methoxy groups -OCH3 is 1. The van der Waals surface area contributed by atoms with Crippen LogP contribution in [0.2, 0.25) is 0 Å². The lowest BCUT2D eigenvalue weighted by molar-refractivity contribution is -0.138. The number of hydrogen-bond acceptors (Lipinski definition) is 4. The second-order valence-electron chi connectivity index (χ2n) is 3.18. The summed E-state index contributed by atoms with van der Waals surface area (Å²) in [6.07, 6.45) is 3.37. The zero-order valence-corrected chi connectivity index (χ0v) is 9.69. The highest BCUT2D eigenvalue weighted by Crippen LogP contribution is 2.10. The average molecular weight is 221 g/mol. The number of hydrogen-bond donors (Lipinski definition) is 0. The quantitative estimate of drug-likeness (QED) is 0.576. The molecule has 1 heterocycles. The van der Waals surface area contributed by atoms with E-state index in [0.717, 1.165) is 5.56 Å². The topological polar surface area (TPSA) is 48.4 Å². The van der Waals surface area contributed by atoms with Gasteiger partial charge in [-0.3, -0.25) is 0 Å². The summed E-state index contributed by atoms with van der Waals surface area (Å²) in [5.41, 5.74) is 1.39. The van der Waals surface area contributed by atoms with Crippen molar-refractivity contribution in [2.75, 3.05) is 13.7 Å². The molecule has 0 saturated carbocycles. The van der Waals surface area contributed by atoms with Crippen LogP contribution in [0, 0.1) is 0 Å². The second kappa shape index (κ2) is 5.90. The zero-order valence-electron chi connectivity index (χ0n) is 9.69. The normalized spacial score (nSPS) is 11.1. The van der Waals surface area contributed by atoms with Gasteiger partial charge in [0.1, 0.15) is 0 Å². The van der Waals surface area contributed by atoms with Crippen LogP contribution in [0.1, 0.15) is 19.4 Å². The van der Waals surface area contributed by atoms with Crippen LogP contribution in [-0.4, -0.2) is 24.7 Å². The van der Waals surface area contributed by atoms with Gasteiger partial charge in [-0.25, -0.2) is 9.78 Å². The Bertz CT molecular complexity index is 382. The Morgan fingerprint density at radius 2 is 2.25 bits per heavy atom. The summed E-state index contributed by atoms with van der Waals surface area (Å²) in [4.78, 5) is 15.4. The van der Waals surface area contributed by atoms with Crippen molar-refractivity contribution in [3.63, 3.8) is 0 Å². The van der Waals surface area contributed by atoms with E-state index >= 15 is 0 Å². The molecule has 0 aliphatic rings. The summed E-state index contributed by atoms with van der Waals surface area (Å²) in [6.45, 7) is 3.87. The minimum atomic E-state index is -0.307. The van der Waals surface area contributed by atoms with Gasteiger partial charge in [-0.15, -0.1) is 0 Å². The van der Waals surface area contributed by atoms with Crippen LogP contribution in [-0.2, 0) is 9.53 Å². The maximum absolute atomic E-state index is 11.3. The summed E-state index contributed by atoms with van der Waals surface area (Å²) in [5, 5.41) is 0. The molecule has 0 radical (unpaired) electrons. The van der Waals surface area contributed by atoms with E-state index in [1.807, 2.05) is 6.07 Å². The lowest BCUT2D eigenvalue weighted by atomic mass is 10.2. The summed E-state index contributed by atoms with van der Waals surface area (Å²) >= 11 is 0. The number of esters is 1. The predicted octanol–water partition coefficient (Wildman–Crippen LogP) is 2.06. The highest BCUT2D eigenvalue weighted by Gasteiger charge is 2.04. The molecule has 86 valence electrons. The lowest BCUT2D eigenvalue weighted by Crippen LogP contribution is -2.04. The first-order valence-electron chi connectivity index (χ1n) is 5.02. The van der Waals surface area contributed by atoms with Gasteiger partial charge < -0.3 is 9.47 Å². The molecule has 4 nitrogen and oxygen atoms in total. The molecule has 0 bridgehead atoms. The predicted molar refractivity (Wildman–Crippen MR) is 61.1 cm³/mol. The Labute approximate surface area is 94.9 Å². The minimum Gasteiger partial charge on any atom is -0.481 e. The molecule has 0 atom stereocenters. The van der Waals surface area contributed by atoms with Crippen molar-refractivity contribution in [2.45, 2.75) is 13.8 Å². The van der Waals surface area contributed by atoms with E-state index in [9.17, 15) is 4.79 Å². The first-order valence-corrected chi connectivity index (χ1v) is 5.02. The Hall–Kier alpha value is -1.84. The molecule has 0 fully saturated rings. The van der Waals surface area contributed by atoms with E-state index in [2.05, 4.69) is 4.98 Å². The molecule has 1 aromatic heterocycles. The Morgan fingerprint density at radius 1 is 1.50 bits per heavy atom. The van der Waals surface area contributed by atoms with Gasteiger partial charge in [0, 0.05) is 17.8 Å². The van der Waals surface area contributed by atoms with Crippen LogP contribution in [0.5, 0.6) is 5.88 Å². The average Bonchev–Trinajstić information content (AvgIpc) is 2.30. The van der Waals surface area contributed by atoms with Crippen LogP contribution in [0.15, 0.2) is 23.9 Å². The standard InChI is InChI=1S/C12H15NO3/c1-4-16-12(14)9(2)7-10-5-6-11(15-3)13-8-10/h5-8H,4H2,1-3H3/b9-7+. The molecule has 1 rings (SSSR count). The SMILES string of the molecule is CCOC(=O)/C(C)=C/c1ccc(OC)nc1. The summed E-state index contributed by atoms with van der Waals surface area (Å²) < 4.78 is 9.81. The third-order valence-corrected chi connectivity index (χ3v) is 1.95. The molecule has 0 spiro atoms. The molecule has 16 heavy (non-hydrogen) atoms. The highest BCUT2D eigenvalue weighted by molar-refractivity contribution is 5.92. The van der Waals surface area contributed by atoms with Crippen molar-refractivity contribution in [2.24, 2.45) is 0 Å². The summed E-state index contributed by atoms with van der Waals surface area (Å²) in [5.74, 6) is 0.240. The number of aromatic nitrogens is 1. The molecule has 0 amide bonds. The molecular weight excluding hydrogens is 206 g/mol. The fourth-order valence-electron chi connectivity index (χ4n) is 1.15. The van der Waals surface area contributed by atoms with Crippen molar-refractivity contribution in [1.82, 2.24) is 4.98 Å². The molecule has 0 N–H and O–H groups in total. The molecular formula is C12H15NO3. The van der Waals surface area contributed by atoms with Gasteiger partial charge >= 0.3 is 5.97 Å². The summed E-state index contributed by atoms with van der Waals surface area (Å²) in [6, 6.07) is 3.57. The first kappa shape index (κ1) is 12.2. The third-order valence-electron chi connectivity index (χ3n) is 1.95. The van der Waals surface area contributed by atoms with Crippen molar-refractivity contribution in [1.29, 1.82) is 0 Å². The summed E-state index contributed by atoms with van der Waals surface area (Å²) in [7, 11) is 1.56. The maximum Gasteiger partial charge on any atom is 0.333 e. The van der Waals surface area contributed by atoms with E-state index in [1.54, 1.807) is 39.3 Å². The van der Waals surface area contributed by atoms with Crippen molar-refractivity contribution in [3.05, 3.63) is 29.5 Å². The Kier molecular flexibility index (Phi) is 4.51. The molecule has 0 unspecified atom stereocenters. The van der Waals surface area contributed by atoms with Crippen LogP contribution in [0.25, 0.3) is 6.08 Å². The van der Waals surface area contributed by atoms with E-state index in [4.69, 9.17) is 9.47 Å². The third kappa shape index (κ3) is 3.38. The molecule has 0 saturated heterocycles. The van der Waals surface area contributed by atoms with E-state index in [1.165, 1.54) is 0 Å². The Balaban J connectivity index is 2.77. The number of carbonyl (C=O) groups excluding carboxylic acids is 1. The Morgan fingerprint density at radius 3 is 2.75 bits per heavy atom. The van der Waals surface area contributed by atoms with Gasteiger partial charge in [-0.05, 0) is 31.6 Å². The van der Waals surface area contributed by atoms with Crippen LogP contribution < -0.4 is 4.74 Å². The monoisotopic (exact) mass is 221 g/mol. The smallest absolute Gasteiger partial charge is 0.333 e. The van der Waals surface area contributed by atoms with Gasteiger partial charge in [0.25, 0.3) is 0 Å². The number of ether oxygens (including phenoxy) is 2. The number of rotatable bonds is 4. The fourth-order valence-corrected chi connectivity index (χ4v) is 1.15. The minimum absolute atomic E-state index is 0.307. The highest BCUT2D eigenvalue weighted by atomic mass is 16.5. The molecule has 1 aromatic rings. The molecule has 0 aliphatic heterocycles. The van der Waals surface area contributed by atoms with E-state index < -0.39 is 0 Å². The maximum atomic E-state index is 11.3. The largest absolute Gasteiger partial charge is 0.481 e. The number of pyridine rings is 1. The van der Waals surface area contributed by atoms with Gasteiger partial charge in [0.05, 0.1) is 13.7 Å². The number of nitrogens with zero attached hydrogens (tertiary/aromatic N) is 1. The van der Waals surface area contributed by atoms with E-state index in [-0.39, 0.29) is 5.97 Å². The lowest BCUT2D eigenvalue weighted by Gasteiger charge is -2.02. The van der Waals surface area contributed by atoms with Crippen molar-refractivity contribution >= 4 is 12.0 Å². The molecule has 4 heteroatoms. The van der Waals surface area contributed by atoms with Gasteiger partial charge in [-0.1, -0.05) is 0 Å². The molecule has 0 aromatic carbocycles. The van der Waals surface area contributed by atoms with Gasteiger partial charge in [-0.2, -0.15) is 0 Å². The molecule has 0 aliphatic carbocycles. The van der Waals surface area contributed by atoms with Crippen LogP contribution in [0.3, 0.4) is 0 Å². The zero-order chi connectivity index (χ0) is 12.0. The van der Waals surface area contributed by atoms with Crippen molar-refractivity contribution in [3.8, 4) is 5.88 Å². The van der Waals surface area contributed by atoms with Gasteiger partial charge in [0.2, 0.25) is 5.88 Å². The van der Waals surface area contributed by atoms with E-state index in [0.29, 0.717) is 18.1 Å². The van der Waals surface area contributed by atoms with Crippen LogP contribution >= 0.6 is 0 Å². The second-order valence-corrected chi connectivity index (χ2v) is 3.18. The first-order chi connectivity index (χ1) is 7.67. The van der Waals surface area contributed by atoms with Crippen molar-refractivity contribution < 1.29 is 14.3 Å². The number of carbonyl (C=O) groups is 1. The van der Waals surface area contributed by atoms with Gasteiger partial charge in [0.15, 0.2) is 0 Å².